The predicted molar refractivity (Wildman–Crippen MR) is 116 cm³/mol. The molecule has 0 aliphatic carbocycles. The van der Waals surface area contributed by atoms with Crippen LogP contribution in [-0.2, 0) is 6.54 Å². The number of nitrogens with zero attached hydrogens (tertiary/aromatic N) is 2. The van der Waals surface area contributed by atoms with Crippen molar-refractivity contribution < 1.29 is 13.3 Å². The van der Waals surface area contributed by atoms with Crippen molar-refractivity contribution >= 4 is 34.0 Å². The highest BCUT2D eigenvalue weighted by Gasteiger charge is 2.15. The van der Waals surface area contributed by atoms with E-state index in [1.807, 2.05) is 35.2 Å². The van der Waals surface area contributed by atoms with Gasteiger partial charge in [0.05, 0.1) is 9.90 Å². The number of hydrogen-bond acceptors (Lipinski definition) is 2. The van der Waals surface area contributed by atoms with Crippen molar-refractivity contribution in [2.24, 2.45) is 0 Å². The summed E-state index contributed by atoms with van der Waals surface area (Å²) >= 11 is 7.57. The number of pyridine rings is 1. The number of rotatable bonds is 4. The Morgan fingerprint density at radius 2 is 1.83 bits per heavy atom. The van der Waals surface area contributed by atoms with Crippen molar-refractivity contribution in [3.05, 3.63) is 94.6 Å². The van der Waals surface area contributed by atoms with Gasteiger partial charge in [0.25, 0.3) is 0 Å². The molecule has 5 aromatic rings. The van der Waals surface area contributed by atoms with E-state index >= 15 is 0 Å². The normalized spacial score (nSPS) is 11.3. The summed E-state index contributed by atoms with van der Waals surface area (Å²) < 4.78 is 30.4. The predicted octanol–water partition coefficient (Wildman–Crippen LogP) is 6.23. The lowest BCUT2D eigenvalue weighted by atomic mass is 10.1. The highest BCUT2D eigenvalue weighted by molar-refractivity contribution is 7.19. The Bertz CT molecular complexity index is 1360. The molecule has 5 rings (SSSR count). The fourth-order valence-corrected chi connectivity index (χ4v) is 4.42. The van der Waals surface area contributed by atoms with Gasteiger partial charge in [0.2, 0.25) is 0 Å². The molecule has 0 atom stereocenters. The molecule has 0 saturated carbocycles. The van der Waals surface area contributed by atoms with Gasteiger partial charge in [-0.2, -0.15) is 4.57 Å². The summed E-state index contributed by atoms with van der Waals surface area (Å²) in [5.74, 6) is -1.49. The van der Waals surface area contributed by atoms with E-state index < -0.39 is 11.6 Å². The minimum Gasteiger partial charge on any atom is -0.333 e. The second kappa shape index (κ2) is 7.63. The topological polar surface area (TPSA) is 32.6 Å². The van der Waals surface area contributed by atoms with Gasteiger partial charge in [-0.05, 0) is 29.8 Å². The van der Waals surface area contributed by atoms with E-state index in [1.54, 1.807) is 11.3 Å². The lowest BCUT2D eigenvalue weighted by molar-refractivity contribution is -0.687. The number of aromatic nitrogens is 3. The third-order valence-corrected chi connectivity index (χ3v) is 6.14. The number of H-pyrrole nitrogens is 1. The van der Waals surface area contributed by atoms with Crippen LogP contribution >= 0.6 is 22.9 Å². The van der Waals surface area contributed by atoms with Crippen molar-refractivity contribution in [2.75, 3.05) is 0 Å². The summed E-state index contributed by atoms with van der Waals surface area (Å²) in [6, 6.07) is 18.2. The summed E-state index contributed by atoms with van der Waals surface area (Å²) in [4.78, 5) is 8.62. The molecule has 7 heteroatoms. The van der Waals surface area contributed by atoms with E-state index in [1.165, 1.54) is 12.1 Å². The molecule has 2 aromatic carbocycles. The quantitative estimate of drug-likeness (QED) is 0.332. The summed E-state index contributed by atoms with van der Waals surface area (Å²) in [5, 5.41) is 0. The Hall–Kier alpha value is -3.09. The first-order valence-electron chi connectivity index (χ1n) is 9.25. The van der Waals surface area contributed by atoms with E-state index in [0.29, 0.717) is 17.9 Å². The van der Waals surface area contributed by atoms with Gasteiger partial charge < -0.3 is 4.98 Å². The lowest BCUT2D eigenvalue weighted by Crippen LogP contribution is -2.33. The van der Waals surface area contributed by atoms with Crippen LogP contribution in [-0.4, -0.2) is 9.97 Å². The summed E-state index contributed by atoms with van der Waals surface area (Å²) in [7, 11) is 0. The minimum absolute atomic E-state index is 0.113. The fraction of sp³-hybridized carbons (Fsp3) is 0.0435. The largest absolute Gasteiger partial charge is 0.333 e. The van der Waals surface area contributed by atoms with Gasteiger partial charge >= 0.3 is 0 Å². The van der Waals surface area contributed by atoms with Crippen LogP contribution in [0.4, 0.5) is 8.78 Å². The number of imidazole rings is 1. The first-order valence-corrected chi connectivity index (χ1v) is 10.4. The summed E-state index contributed by atoms with van der Waals surface area (Å²) in [6.07, 6.45) is 3.83. The van der Waals surface area contributed by atoms with Crippen LogP contribution < -0.4 is 4.57 Å². The molecule has 3 heterocycles. The maximum Gasteiger partial charge on any atom is 0.195 e. The molecule has 0 aliphatic heterocycles. The third-order valence-electron chi connectivity index (χ3n) is 4.86. The van der Waals surface area contributed by atoms with Crippen molar-refractivity contribution in [3.63, 3.8) is 0 Å². The summed E-state index contributed by atoms with van der Waals surface area (Å²) in [6.45, 7) is 0.671. The Balaban J connectivity index is 1.41. The minimum atomic E-state index is -0.906. The van der Waals surface area contributed by atoms with Crippen LogP contribution in [0.2, 0.25) is 4.34 Å². The maximum absolute atomic E-state index is 14.1. The zero-order valence-electron chi connectivity index (χ0n) is 15.6. The van der Waals surface area contributed by atoms with E-state index in [4.69, 9.17) is 11.6 Å². The molecule has 0 amide bonds. The molecule has 1 N–H and O–H groups in total. The molecule has 0 bridgehead atoms. The molecule has 0 unspecified atom stereocenters. The molecular weight excluding hydrogens is 424 g/mol. The third kappa shape index (κ3) is 3.60. The first kappa shape index (κ1) is 18.9. The van der Waals surface area contributed by atoms with Crippen LogP contribution in [0.15, 0.2) is 73.1 Å². The highest BCUT2D eigenvalue weighted by atomic mass is 35.5. The average molecular weight is 439 g/mol. The molecule has 148 valence electrons. The molecular formula is C23H15ClF2N3S+. The average Bonchev–Trinajstić information content (AvgIpc) is 3.36. The number of benzene rings is 2. The van der Waals surface area contributed by atoms with Gasteiger partial charge in [-0.15, -0.1) is 11.3 Å². The number of aromatic amines is 1. The Morgan fingerprint density at radius 3 is 2.60 bits per heavy atom. The second-order valence-electron chi connectivity index (χ2n) is 6.90. The number of nitrogens with one attached hydrogen (secondary N) is 1. The van der Waals surface area contributed by atoms with E-state index in [9.17, 15) is 8.78 Å². The van der Waals surface area contributed by atoms with Crippen molar-refractivity contribution in [1.82, 2.24) is 9.97 Å². The molecule has 3 aromatic heterocycles. The molecule has 0 spiro atoms. The van der Waals surface area contributed by atoms with Crippen LogP contribution in [0.3, 0.4) is 0 Å². The van der Waals surface area contributed by atoms with Gasteiger partial charge in [0, 0.05) is 16.5 Å². The highest BCUT2D eigenvalue weighted by Crippen LogP contribution is 2.31. The monoisotopic (exact) mass is 438 g/mol. The van der Waals surface area contributed by atoms with Crippen molar-refractivity contribution in [2.45, 2.75) is 6.54 Å². The molecule has 3 nitrogen and oxygen atoms in total. The van der Waals surface area contributed by atoms with E-state index in [0.717, 1.165) is 31.9 Å². The molecule has 0 saturated heterocycles. The van der Waals surface area contributed by atoms with E-state index in [2.05, 4.69) is 34.2 Å². The standard InChI is InChI=1S/C23H14ClF2N3S/c24-21-9-8-20(30-21)15-6-4-14(5-7-15)12-29-11-10-18-19(13-29)28-23(27-18)16-2-1-3-17(25)22(16)26/h1-11,13H,12H2/p+1. The number of halogens is 3. The lowest BCUT2D eigenvalue weighted by Gasteiger charge is -2.01. The van der Waals surface area contributed by atoms with Crippen molar-refractivity contribution in [3.8, 4) is 21.8 Å². The van der Waals surface area contributed by atoms with Gasteiger partial charge in [-0.1, -0.05) is 41.9 Å². The number of thiophene rings is 1. The Morgan fingerprint density at radius 1 is 1.00 bits per heavy atom. The number of fused-ring (bicyclic) bond motifs is 1. The Labute approximate surface area is 180 Å². The molecule has 30 heavy (non-hydrogen) atoms. The molecule has 0 radical (unpaired) electrons. The second-order valence-corrected chi connectivity index (χ2v) is 8.62. The summed E-state index contributed by atoms with van der Waals surface area (Å²) in [5.41, 5.74) is 3.82. The smallest absolute Gasteiger partial charge is 0.195 e. The maximum atomic E-state index is 14.1. The molecule has 0 aliphatic rings. The van der Waals surface area contributed by atoms with Crippen LogP contribution in [0.25, 0.3) is 32.9 Å². The SMILES string of the molecule is Fc1cccc(-c2nc3cc[n+](Cc4ccc(-c5ccc(Cl)s5)cc4)cc3[nH]2)c1F. The van der Waals surface area contributed by atoms with Crippen molar-refractivity contribution in [1.29, 1.82) is 0 Å². The van der Waals surface area contributed by atoms with Crippen LogP contribution in [0.5, 0.6) is 0 Å². The zero-order chi connectivity index (χ0) is 20.7. The molecule has 0 fully saturated rings. The fourth-order valence-electron chi connectivity index (χ4n) is 3.37. The van der Waals surface area contributed by atoms with Gasteiger partial charge in [0.1, 0.15) is 16.9 Å². The number of hydrogen-bond donors (Lipinski definition) is 1. The van der Waals surface area contributed by atoms with E-state index in [-0.39, 0.29) is 5.56 Å². The van der Waals surface area contributed by atoms with Gasteiger partial charge in [-0.25, -0.2) is 13.8 Å². The van der Waals surface area contributed by atoms with Crippen LogP contribution in [0.1, 0.15) is 5.56 Å². The zero-order valence-corrected chi connectivity index (χ0v) is 17.1. The Kier molecular flexibility index (Phi) is 4.81. The first-order chi connectivity index (χ1) is 14.6. The van der Waals surface area contributed by atoms with Gasteiger partial charge in [-0.3, -0.25) is 0 Å². The van der Waals surface area contributed by atoms with Crippen LogP contribution in [0, 0.1) is 11.6 Å². The van der Waals surface area contributed by atoms with Gasteiger partial charge in [0.15, 0.2) is 30.6 Å².